The molecule has 0 bridgehead atoms. The zero-order valence-electron chi connectivity index (χ0n) is 11.4. The maximum atomic E-state index is 8.91. The van der Waals surface area contributed by atoms with E-state index in [2.05, 4.69) is 12.1 Å². The molecule has 1 nitrogen and oxygen atoms in total. The Morgan fingerprint density at radius 2 is 1.53 bits per heavy atom. The number of aryl methyl sites for hydroxylation is 1. The van der Waals surface area contributed by atoms with Gasteiger partial charge in [0.15, 0.2) is 0 Å². The first kappa shape index (κ1) is 15.2. The van der Waals surface area contributed by atoms with E-state index in [0.29, 0.717) is 0 Å². The van der Waals surface area contributed by atoms with E-state index in [0.717, 1.165) is 21.9 Å². The van der Waals surface area contributed by atoms with Crippen LogP contribution in [0.3, 0.4) is 0 Å². The van der Waals surface area contributed by atoms with E-state index >= 15 is 0 Å². The van der Waals surface area contributed by atoms with Crippen molar-refractivity contribution >= 4 is 10.8 Å². The quantitative estimate of drug-likeness (QED) is 0.616. The average Bonchev–Trinajstić information content (AvgIpc) is 2.42. The summed E-state index contributed by atoms with van der Waals surface area (Å²) in [7, 11) is 0. The summed E-state index contributed by atoms with van der Waals surface area (Å²) < 4.78 is 0. The van der Waals surface area contributed by atoms with E-state index in [1.807, 2.05) is 65.0 Å². The fourth-order valence-corrected chi connectivity index (χ4v) is 1.55. The lowest BCUT2D eigenvalue weighted by molar-refractivity contribution is 1.45. The van der Waals surface area contributed by atoms with Crippen molar-refractivity contribution in [2.24, 2.45) is 0 Å². The summed E-state index contributed by atoms with van der Waals surface area (Å²) in [4.78, 5) is 0. The van der Waals surface area contributed by atoms with E-state index < -0.39 is 0 Å². The maximum Gasteiger partial charge on any atom is 0.0998 e. The Balaban J connectivity index is 0.000000581. The molecule has 0 heterocycles. The van der Waals surface area contributed by atoms with Crippen LogP contribution in [0.2, 0.25) is 0 Å². The van der Waals surface area contributed by atoms with Crippen LogP contribution in [-0.4, -0.2) is 0 Å². The van der Waals surface area contributed by atoms with Crippen LogP contribution in [-0.2, 0) is 0 Å². The van der Waals surface area contributed by atoms with E-state index in [1.54, 1.807) is 0 Å². The first-order valence-electron chi connectivity index (χ1n) is 6.21. The molecule has 2 aromatic rings. The lowest BCUT2D eigenvalue weighted by Crippen LogP contribution is -1.81. The van der Waals surface area contributed by atoms with Gasteiger partial charge >= 0.3 is 0 Å². The normalized spacial score (nSPS) is 8.24. The van der Waals surface area contributed by atoms with Crippen LogP contribution in [0.25, 0.3) is 10.8 Å². The maximum absolute atomic E-state index is 8.91. The van der Waals surface area contributed by atoms with Gasteiger partial charge in [-0.3, -0.25) is 0 Å². The molecule has 1 heteroatoms. The highest BCUT2D eigenvalue weighted by Crippen LogP contribution is 2.19. The van der Waals surface area contributed by atoms with Gasteiger partial charge in [-0.2, -0.15) is 5.26 Å². The molecule has 0 atom stereocenters. The Morgan fingerprint density at radius 3 is 2.12 bits per heavy atom. The molecule has 0 saturated heterocycles. The predicted octanol–water partition coefficient (Wildman–Crippen LogP) is 5.07. The van der Waals surface area contributed by atoms with Gasteiger partial charge in [-0.1, -0.05) is 58.0 Å². The summed E-state index contributed by atoms with van der Waals surface area (Å²) in [5, 5.41) is 11.1. The van der Waals surface area contributed by atoms with Gasteiger partial charge in [-0.15, -0.1) is 0 Å². The Hall–Kier alpha value is -1.81. The Morgan fingerprint density at radius 1 is 0.941 bits per heavy atom. The molecule has 0 amide bonds. The van der Waals surface area contributed by atoms with Crippen molar-refractivity contribution in [2.45, 2.75) is 34.6 Å². The molecular weight excluding hydrogens is 206 g/mol. The van der Waals surface area contributed by atoms with E-state index in [1.165, 1.54) is 0 Å². The summed E-state index contributed by atoms with van der Waals surface area (Å²) in [5.74, 6) is 0. The van der Waals surface area contributed by atoms with Gasteiger partial charge in [0.25, 0.3) is 0 Å². The minimum Gasteiger partial charge on any atom is -0.192 e. The number of benzene rings is 2. The topological polar surface area (TPSA) is 23.8 Å². The second-order valence-electron chi connectivity index (χ2n) is 3.15. The largest absolute Gasteiger partial charge is 0.192 e. The third-order valence-electron chi connectivity index (χ3n) is 2.13. The predicted molar refractivity (Wildman–Crippen MR) is 76.1 cm³/mol. The van der Waals surface area contributed by atoms with Crippen LogP contribution in [0.1, 0.15) is 38.8 Å². The van der Waals surface area contributed by atoms with Crippen LogP contribution in [0.5, 0.6) is 0 Å². The molecule has 0 fully saturated rings. The zero-order chi connectivity index (χ0) is 13.3. The molecule has 90 valence electrons. The zero-order valence-corrected chi connectivity index (χ0v) is 11.4. The van der Waals surface area contributed by atoms with Crippen LogP contribution >= 0.6 is 0 Å². The highest BCUT2D eigenvalue weighted by atomic mass is 14.2. The van der Waals surface area contributed by atoms with Crippen LogP contribution in [0.4, 0.5) is 0 Å². The first-order valence-corrected chi connectivity index (χ1v) is 6.21. The lowest BCUT2D eigenvalue weighted by Gasteiger charge is -2.00. The first-order chi connectivity index (χ1) is 8.31. The Bertz CT molecular complexity index is 492. The van der Waals surface area contributed by atoms with E-state index in [4.69, 9.17) is 5.26 Å². The van der Waals surface area contributed by atoms with Gasteiger partial charge in [0.2, 0.25) is 0 Å². The molecule has 0 unspecified atom stereocenters. The summed E-state index contributed by atoms with van der Waals surface area (Å²) in [6, 6.07) is 14.2. The molecule has 0 saturated carbocycles. The molecule has 0 aromatic heterocycles. The summed E-state index contributed by atoms with van der Waals surface area (Å²) in [5.41, 5.74) is 1.89. The fraction of sp³-hybridized carbons (Fsp3) is 0.312. The Kier molecular flexibility index (Phi) is 7.46. The number of hydrogen-bond donors (Lipinski definition) is 0. The summed E-state index contributed by atoms with van der Waals surface area (Å²) in [6.07, 6.45) is 0. The van der Waals surface area contributed by atoms with Gasteiger partial charge in [-0.25, -0.2) is 0 Å². The number of nitrogens with zero attached hydrogens (tertiary/aromatic N) is 1. The third-order valence-corrected chi connectivity index (χ3v) is 2.13. The molecule has 2 aromatic carbocycles. The highest BCUT2D eigenvalue weighted by Gasteiger charge is 1.99. The van der Waals surface area contributed by atoms with E-state index in [9.17, 15) is 0 Å². The second-order valence-corrected chi connectivity index (χ2v) is 3.15. The van der Waals surface area contributed by atoms with Gasteiger partial charge < -0.3 is 0 Å². The molecule has 0 aliphatic carbocycles. The molecule has 0 spiro atoms. The molecule has 0 radical (unpaired) electrons. The molecule has 0 aliphatic rings. The number of rotatable bonds is 0. The van der Waals surface area contributed by atoms with Crippen molar-refractivity contribution in [3.05, 3.63) is 47.5 Å². The van der Waals surface area contributed by atoms with Crippen molar-refractivity contribution in [2.75, 3.05) is 0 Å². The van der Waals surface area contributed by atoms with Crippen molar-refractivity contribution in [1.29, 1.82) is 5.26 Å². The minimum atomic E-state index is 0.760. The highest BCUT2D eigenvalue weighted by molar-refractivity contribution is 5.88. The van der Waals surface area contributed by atoms with Crippen molar-refractivity contribution in [1.82, 2.24) is 0 Å². The summed E-state index contributed by atoms with van der Waals surface area (Å²) in [6.45, 7) is 10.0. The molecule has 0 aliphatic heterocycles. The molecule has 17 heavy (non-hydrogen) atoms. The van der Waals surface area contributed by atoms with Gasteiger partial charge in [0.05, 0.1) is 11.6 Å². The van der Waals surface area contributed by atoms with Crippen LogP contribution < -0.4 is 0 Å². The van der Waals surface area contributed by atoms with E-state index in [-0.39, 0.29) is 0 Å². The lowest BCUT2D eigenvalue weighted by atomic mass is 10.0. The molecule has 2 rings (SSSR count). The average molecular weight is 227 g/mol. The van der Waals surface area contributed by atoms with Gasteiger partial charge in [0, 0.05) is 0 Å². The SMILES string of the molecule is CC.CC.Cc1cc(C#N)c2ccccc2c1. The fourth-order valence-electron chi connectivity index (χ4n) is 1.55. The van der Waals surface area contributed by atoms with Gasteiger partial charge in [0.1, 0.15) is 0 Å². The molecule has 0 N–H and O–H groups in total. The Labute approximate surface area is 105 Å². The number of hydrogen-bond acceptors (Lipinski definition) is 1. The van der Waals surface area contributed by atoms with Crippen molar-refractivity contribution in [3.8, 4) is 6.07 Å². The molecular formula is C16H21N. The number of fused-ring (bicyclic) bond motifs is 1. The van der Waals surface area contributed by atoms with Crippen LogP contribution in [0, 0.1) is 18.3 Å². The standard InChI is InChI=1S/C12H9N.2C2H6/c1-9-6-10-4-2-3-5-12(10)11(7-9)8-13;2*1-2/h2-7H,1H3;2*1-2H3. The van der Waals surface area contributed by atoms with Crippen LogP contribution in [0.15, 0.2) is 36.4 Å². The minimum absolute atomic E-state index is 0.760. The summed E-state index contributed by atoms with van der Waals surface area (Å²) >= 11 is 0. The number of nitriles is 1. The van der Waals surface area contributed by atoms with Crippen molar-refractivity contribution < 1.29 is 0 Å². The van der Waals surface area contributed by atoms with Gasteiger partial charge in [-0.05, 0) is 29.3 Å². The third kappa shape index (κ3) is 3.92. The monoisotopic (exact) mass is 227 g/mol. The van der Waals surface area contributed by atoms with Crippen molar-refractivity contribution in [3.63, 3.8) is 0 Å². The smallest absolute Gasteiger partial charge is 0.0998 e. The second kappa shape index (κ2) is 8.35.